The molecule has 1 aromatic heterocycles. The largest absolute Gasteiger partial charge is 0.451 e. The fourth-order valence-electron chi connectivity index (χ4n) is 3.50. The van der Waals surface area contributed by atoms with Gasteiger partial charge in [-0.2, -0.15) is 0 Å². The summed E-state index contributed by atoms with van der Waals surface area (Å²) in [6.07, 6.45) is -0.521. The van der Waals surface area contributed by atoms with Gasteiger partial charge >= 0.3 is 0 Å². The summed E-state index contributed by atoms with van der Waals surface area (Å²) in [4.78, 5) is 28.9. The number of fused-ring (bicyclic) bond motifs is 1. The van der Waals surface area contributed by atoms with Crippen LogP contribution in [-0.4, -0.2) is 53.9 Å². The summed E-state index contributed by atoms with van der Waals surface area (Å²) in [7, 11) is 0. The maximum absolute atomic E-state index is 12.7. The first kappa shape index (κ1) is 19.2. The molecule has 6 nitrogen and oxygen atoms in total. The fourth-order valence-corrected chi connectivity index (χ4v) is 3.50. The molecule has 0 bridgehead atoms. The number of para-hydroxylation sites is 1. The van der Waals surface area contributed by atoms with Crippen LogP contribution in [0.3, 0.4) is 0 Å². The van der Waals surface area contributed by atoms with Crippen molar-refractivity contribution in [1.29, 1.82) is 0 Å². The summed E-state index contributed by atoms with van der Waals surface area (Å²) in [5, 5.41) is 0.911. The van der Waals surface area contributed by atoms with Gasteiger partial charge in [-0.05, 0) is 24.6 Å². The number of carbonyl (C=O) groups is 2. The number of amides is 2. The molecule has 0 aliphatic carbocycles. The third kappa shape index (κ3) is 4.32. The van der Waals surface area contributed by atoms with Crippen molar-refractivity contribution in [3.63, 3.8) is 0 Å². The second-order valence-electron chi connectivity index (χ2n) is 7.20. The highest BCUT2D eigenvalue weighted by molar-refractivity contribution is 5.96. The molecule has 1 unspecified atom stereocenters. The van der Waals surface area contributed by atoms with E-state index in [1.807, 2.05) is 54.6 Å². The summed E-state index contributed by atoms with van der Waals surface area (Å²) in [5.74, 6) is 0.156. The highest BCUT2D eigenvalue weighted by Crippen LogP contribution is 2.20. The maximum Gasteiger partial charge on any atom is 0.289 e. The van der Waals surface area contributed by atoms with E-state index in [1.165, 1.54) is 0 Å². The Morgan fingerprint density at radius 3 is 2.34 bits per heavy atom. The van der Waals surface area contributed by atoms with Crippen molar-refractivity contribution >= 4 is 22.8 Å². The predicted molar refractivity (Wildman–Crippen MR) is 109 cm³/mol. The van der Waals surface area contributed by atoms with Gasteiger partial charge in [-0.1, -0.05) is 48.5 Å². The molecule has 1 aliphatic rings. The number of furan rings is 1. The number of rotatable bonds is 5. The maximum atomic E-state index is 12.7. The summed E-state index contributed by atoms with van der Waals surface area (Å²) < 4.78 is 11.4. The molecule has 1 aliphatic heterocycles. The highest BCUT2D eigenvalue weighted by atomic mass is 16.5. The number of benzene rings is 2. The molecule has 0 radical (unpaired) electrons. The molecule has 2 aromatic carbocycles. The van der Waals surface area contributed by atoms with E-state index in [0.29, 0.717) is 44.1 Å². The van der Waals surface area contributed by atoms with Crippen LogP contribution in [0.4, 0.5) is 0 Å². The van der Waals surface area contributed by atoms with Gasteiger partial charge < -0.3 is 19.0 Å². The lowest BCUT2D eigenvalue weighted by atomic mass is 10.2. The lowest BCUT2D eigenvalue weighted by Crippen LogP contribution is -2.52. The molecule has 2 amide bonds. The predicted octanol–water partition coefficient (Wildman–Crippen LogP) is 3.32. The Morgan fingerprint density at radius 1 is 0.966 bits per heavy atom. The molecular formula is C23H24N2O4. The smallest absolute Gasteiger partial charge is 0.289 e. The van der Waals surface area contributed by atoms with Crippen LogP contribution in [0.25, 0.3) is 11.0 Å². The monoisotopic (exact) mass is 392 g/mol. The third-order valence-corrected chi connectivity index (χ3v) is 5.21. The van der Waals surface area contributed by atoms with Crippen LogP contribution in [-0.2, 0) is 16.1 Å². The number of carbonyl (C=O) groups excluding carboxylic acids is 2. The summed E-state index contributed by atoms with van der Waals surface area (Å²) in [6, 6.07) is 19.1. The number of ether oxygens (including phenoxy) is 1. The normalized spacial score (nSPS) is 15.5. The second kappa shape index (κ2) is 8.49. The average Bonchev–Trinajstić information content (AvgIpc) is 3.21. The minimum absolute atomic E-state index is 0.0447. The molecule has 29 heavy (non-hydrogen) atoms. The van der Waals surface area contributed by atoms with Crippen LogP contribution in [0.2, 0.25) is 0 Å². The molecule has 1 fully saturated rings. The van der Waals surface area contributed by atoms with Crippen molar-refractivity contribution in [2.45, 2.75) is 19.6 Å². The van der Waals surface area contributed by atoms with E-state index in [9.17, 15) is 9.59 Å². The van der Waals surface area contributed by atoms with E-state index in [-0.39, 0.29) is 11.8 Å². The van der Waals surface area contributed by atoms with Gasteiger partial charge in [-0.25, -0.2) is 0 Å². The fraction of sp³-hybridized carbons (Fsp3) is 0.304. The van der Waals surface area contributed by atoms with E-state index in [4.69, 9.17) is 9.15 Å². The van der Waals surface area contributed by atoms with Crippen LogP contribution in [0.1, 0.15) is 23.0 Å². The summed E-state index contributed by atoms with van der Waals surface area (Å²) in [5.41, 5.74) is 1.74. The van der Waals surface area contributed by atoms with Crippen molar-refractivity contribution < 1.29 is 18.7 Å². The van der Waals surface area contributed by atoms with Crippen molar-refractivity contribution in [1.82, 2.24) is 9.80 Å². The molecule has 1 saturated heterocycles. The minimum atomic E-state index is -0.521. The Hall–Kier alpha value is -3.12. The molecule has 150 valence electrons. The standard InChI is InChI=1S/C23H24N2O4/c1-17(28-16-18-7-3-2-4-8-18)22(26)24-11-13-25(14-12-24)23(27)21-15-19-9-5-6-10-20(19)29-21/h2-10,15,17H,11-14,16H2,1H3. The Labute approximate surface area is 169 Å². The van der Waals surface area contributed by atoms with Crippen LogP contribution in [0.15, 0.2) is 65.1 Å². The van der Waals surface area contributed by atoms with Gasteiger partial charge in [0.25, 0.3) is 11.8 Å². The minimum Gasteiger partial charge on any atom is -0.451 e. The summed E-state index contributed by atoms with van der Waals surface area (Å²) in [6.45, 7) is 4.11. The van der Waals surface area contributed by atoms with Gasteiger partial charge in [0.05, 0.1) is 6.61 Å². The van der Waals surface area contributed by atoms with Crippen LogP contribution < -0.4 is 0 Å². The molecule has 0 spiro atoms. The van der Waals surface area contributed by atoms with Gasteiger partial charge in [0, 0.05) is 31.6 Å². The Morgan fingerprint density at radius 2 is 1.62 bits per heavy atom. The molecule has 0 N–H and O–H groups in total. The van der Waals surface area contributed by atoms with Crippen molar-refractivity contribution in [3.8, 4) is 0 Å². The first-order valence-electron chi connectivity index (χ1n) is 9.84. The molecule has 1 atom stereocenters. The number of hydrogen-bond acceptors (Lipinski definition) is 4. The number of hydrogen-bond donors (Lipinski definition) is 0. The zero-order chi connectivity index (χ0) is 20.2. The summed E-state index contributed by atoms with van der Waals surface area (Å²) >= 11 is 0. The molecule has 3 aromatic rings. The molecule has 0 saturated carbocycles. The zero-order valence-corrected chi connectivity index (χ0v) is 16.4. The van der Waals surface area contributed by atoms with Gasteiger partial charge in [0.1, 0.15) is 11.7 Å². The third-order valence-electron chi connectivity index (χ3n) is 5.21. The Balaban J connectivity index is 1.30. The van der Waals surface area contributed by atoms with Crippen LogP contribution in [0.5, 0.6) is 0 Å². The Kier molecular flexibility index (Phi) is 5.62. The molecule has 6 heteroatoms. The van der Waals surface area contributed by atoms with Gasteiger partial charge in [-0.15, -0.1) is 0 Å². The first-order chi connectivity index (χ1) is 14.1. The van der Waals surface area contributed by atoms with E-state index in [0.717, 1.165) is 10.9 Å². The van der Waals surface area contributed by atoms with E-state index >= 15 is 0 Å². The van der Waals surface area contributed by atoms with Crippen molar-refractivity contribution in [2.75, 3.05) is 26.2 Å². The molecule has 2 heterocycles. The van der Waals surface area contributed by atoms with Crippen LogP contribution in [0, 0.1) is 0 Å². The quantitative estimate of drug-likeness (QED) is 0.668. The van der Waals surface area contributed by atoms with Gasteiger partial charge in [0.2, 0.25) is 0 Å². The van der Waals surface area contributed by atoms with Crippen molar-refractivity contribution in [2.24, 2.45) is 0 Å². The molecular weight excluding hydrogens is 368 g/mol. The topological polar surface area (TPSA) is 63.0 Å². The zero-order valence-electron chi connectivity index (χ0n) is 16.4. The number of piperazine rings is 1. The lowest BCUT2D eigenvalue weighted by molar-refractivity contribution is -0.144. The number of nitrogens with zero attached hydrogens (tertiary/aromatic N) is 2. The highest BCUT2D eigenvalue weighted by Gasteiger charge is 2.29. The van der Waals surface area contributed by atoms with Crippen LogP contribution >= 0.6 is 0 Å². The van der Waals surface area contributed by atoms with E-state index in [2.05, 4.69) is 0 Å². The van der Waals surface area contributed by atoms with Gasteiger partial charge in [-0.3, -0.25) is 9.59 Å². The van der Waals surface area contributed by atoms with Crippen molar-refractivity contribution in [3.05, 3.63) is 72.0 Å². The van der Waals surface area contributed by atoms with Gasteiger partial charge in [0.15, 0.2) is 5.76 Å². The molecule has 4 rings (SSSR count). The first-order valence-corrected chi connectivity index (χ1v) is 9.84. The lowest BCUT2D eigenvalue weighted by Gasteiger charge is -2.35. The SMILES string of the molecule is CC(OCc1ccccc1)C(=O)N1CCN(C(=O)c2cc3ccccc3o2)CC1. The van der Waals surface area contributed by atoms with E-state index < -0.39 is 6.10 Å². The average molecular weight is 392 g/mol. The van der Waals surface area contributed by atoms with E-state index in [1.54, 1.807) is 22.8 Å². The second-order valence-corrected chi connectivity index (χ2v) is 7.20. The Bertz CT molecular complexity index is 957.